The van der Waals surface area contributed by atoms with Crippen molar-refractivity contribution in [3.05, 3.63) is 88.0 Å². The van der Waals surface area contributed by atoms with Crippen molar-refractivity contribution >= 4 is 35.0 Å². The largest absolute Gasteiger partial charge is 0.493 e. The van der Waals surface area contributed by atoms with E-state index in [0.717, 1.165) is 22.2 Å². The molecule has 0 N–H and O–H groups in total. The minimum atomic E-state index is -0.649. The van der Waals surface area contributed by atoms with E-state index in [9.17, 15) is 18.8 Å². The molecule has 3 aromatic rings. The summed E-state index contributed by atoms with van der Waals surface area (Å²) in [4.78, 5) is 38.1. The number of furan rings is 1. The molecule has 1 saturated heterocycles. The fourth-order valence-corrected chi connectivity index (χ4v) is 4.09. The number of hydrogen-bond acceptors (Lipinski definition) is 8. The van der Waals surface area contributed by atoms with Crippen molar-refractivity contribution in [2.24, 2.45) is 0 Å². The van der Waals surface area contributed by atoms with Crippen LogP contribution >= 0.6 is 11.8 Å². The third-order valence-electron chi connectivity index (χ3n) is 5.03. The Kier molecular flexibility index (Phi) is 7.21. The lowest BCUT2D eigenvalue weighted by molar-refractivity contribution is -0.123. The van der Waals surface area contributed by atoms with Gasteiger partial charge in [-0.2, -0.15) is 0 Å². The van der Waals surface area contributed by atoms with Crippen LogP contribution in [0.5, 0.6) is 11.5 Å². The van der Waals surface area contributed by atoms with Crippen LogP contribution in [0.1, 0.15) is 27.4 Å². The smallest absolute Gasteiger partial charge is 0.373 e. The van der Waals surface area contributed by atoms with E-state index in [4.69, 9.17) is 13.9 Å². The average molecular weight is 498 g/mol. The number of esters is 1. The Bertz CT molecular complexity index is 1300. The summed E-state index contributed by atoms with van der Waals surface area (Å²) in [6.45, 7) is 0.109. The highest BCUT2D eigenvalue weighted by atomic mass is 32.2. The second-order valence-electron chi connectivity index (χ2n) is 7.35. The highest BCUT2D eigenvalue weighted by Crippen LogP contribution is 2.35. The molecule has 4 rings (SSSR count). The van der Waals surface area contributed by atoms with Gasteiger partial charge >= 0.3 is 5.97 Å². The minimum absolute atomic E-state index is 0.0150. The summed E-state index contributed by atoms with van der Waals surface area (Å²) in [5.41, 5.74) is 1.42. The second kappa shape index (κ2) is 10.5. The van der Waals surface area contributed by atoms with Gasteiger partial charge in [0.05, 0.1) is 25.7 Å². The fourth-order valence-electron chi connectivity index (χ4n) is 3.25. The van der Waals surface area contributed by atoms with Gasteiger partial charge in [0.1, 0.15) is 18.2 Å². The monoisotopic (exact) mass is 497 g/mol. The van der Waals surface area contributed by atoms with Crippen LogP contribution in [0, 0.1) is 5.82 Å². The predicted octanol–water partition coefficient (Wildman–Crippen LogP) is 5.03. The highest BCUT2D eigenvalue weighted by Gasteiger charge is 2.35. The molecule has 8 nitrogen and oxygen atoms in total. The van der Waals surface area contributed by atoms with E-state index >= 15 is 0 Å². The molecule has 1 aromatic heterocycles. The van der Waals surface area contributed by atoms with Crippen molar-refractivity contribution in [2.45, 2.75) is 13.2 Å². The molecule has 1 aliphatic heterocycles. The first kappa shape index (κ1) is 24.1. The van der Waals surface area contributed by atoms with Gasteiger partial charge in [-0.05, 0) is 65.4 Å². The first-order chi connectivity index (χ1) is 16.9. The molecule has 0 radical (unpaired) electrons. The van der Waals surface area contributed by atoms with E-state index < -0.39 is 17.1 Å². The second-order valence-corrected chi connectivity index (χ2v) is 8.34. The summed E-state index contributed by atoms with van der Waals surface area (Å²) in [5.74, 6) is -0.282. The summed E-state index contributed by atoms with van der Waals surface area (Å²) in [7, 11) is 2.72. The molecule has 2 amide bonds. The van der Waals surface area contributed by atoms with E-state index in [1.807, 2.05) is 0 Å². The zero-order valence-electron chi connectivity index (χ0n) is 18.8. The normalized spacial score (nSPS) is 14.5. The molecule has 0 aliphatic carbocycles. The van der Waals surface area contributed by atoms with Crippen molar-refractivity contribution < 1.29 is 37.4 Å². The van der Waals surface area contributed by atoms with Gasteiger partial charge in [-0.3, -0.25) is 14.5 Å². The molecule has 0 bridgehead atoms. The van der Waals surface area contributed by atoms with Crippen molar-refractivity contribution in [1.82, 2.24) is 4.90 Å². The maximum atomic E-state index is 13.1. The molecule has 1 aliphatic rings. The number of amides is 2. The number of methoxy groups -OCH3 is 2. The molecule has 35 heavy (non-hydrogen) atoms. The Hall–Kier alpha value is -4.05. The number of carbonyl (C=O) groups excluding carboxylic acids is 3. The van der Waals surface area contributed by atoms with Gasteiger partial charge in [-0.1, -0.05) is 18.2 Å². The lowest BCUT2D eigenvalue weighted by Crippen LogP contribution is -2.27. The van der Waals surface area contributed by atoms with Crippen molar-refractivity contribution in [1.29, 1.82) is 0 Å². The molecule has 2 heterocycles. The third kappa shape index (κ3) is 5.55. The molecule has 10 heteroatoms. The zero-order chi connectivity index (χ0) is 24.9. The van der Waals surface area contributed by atoms with E-state index in [1.165, 1.54) is 38.5 Å². The van der Waals surface area contributed by atoms with Crippen molar-refractivity contribution in [3.8, 4) is 11.5 Å². The molecular weight excluding hydrogens is 477 g/mol. The number of benzene rings is 2. The Morgan fingerprint density at radius 1 is 1.06 bits per heavy atom. The van der Waals surface area contributed by atoms with Gasteiger partial charge < -0.3 is 18.6 Å². The first-order valence-electron chi connectivity index (χ1n) is 10.4. The number of rotatable bonds is 8. The van der Waals surface area contributed by atoms with Crippen LogP contribution in [0.25, 0.3) is 6.08 Å². The van der Waals surface area contributed by atoms with Crippen LogP contribution in [0.2, 0.25) is 0 Å². The average Bonchev–Trinajstić information content (AvgIpc) is 3.44. The standard InChI is InChI=1S/C25H20FNO7S/c1-31-21-11-16(5-9-19(21)33-14-15-3-6-17(26)7-4-15)12-22-23(28)27(25(30)35-22)13-18-8-10-20(34-18)24(29)32-2/h3-12H,13-14H2,1-2H3/b22-12+. The molecule has 2 aromatic carbocycles. The maximum absolute atomic E-state index is 13.1. The van der Waals surface area contributed by atoms with E-state index in [1.54, 1.807) is 36.4 Å². The highest BCUT2D eigenvalue weighted by molar-refractivity contribution is 8.18. The predicted molar refractivity (Wildman–Crippen MR) is 125 cm³/mol. The van der Waals surface area contributed by atoms with Gasteiger partial charge in [0.15, 0.2) is 11.5 Å². The van der Waals surface area contributed by atoms with E-state index in [0.29, 0.717) is 17.1 Å². The first-order valence-corrected chi connectivity index (χ1v) is 11.2. The summed E-state index contributed by atoms with van der Waals surface area (Å²) >= 11 is 0.802. The van der Waals surface area contributed by atoms with Crippen LogP contribution in [-0.4, -0.2) is 36.2 Å². The van der Waals surface area contributed by atoms with Crippen LogP contribution < -0.4 is 9.47 Å². The van der Waals surface area contributed by atoms with Crippen molar-refractivity contribution in [3.63, 3.8) is 0 Å². The fraction of sp³-hybridized carbons (Fsp3) is 0.160. The number of nitrogens with zero attached hydrogens (tertiary/aromatic N) is 1. The summed E-state index contributed by atoms with van der Waals surface area (Å²) in [6, 6.07) is 14.0. The lowest BCUT2D eigenvalue weighted by atomic mass is 10.1. The van der Waals surface area contributed by atoms with Gasteiger partial charge in [0, 0.05) is 0 Å². The number of hydrogen-bond donors (Lipinski definition) is 0. The maximum Gasteiger partial charge on any atom is 0.373 e. The molecule has 180 valence electrons. The quantitative estimate of drug-likeness (QED) is 0.316. The Morgan fingerprint density at radius 3 is 2.54 bits per heavy atom. The molecule has 0 spiro atoms. The molecule has 0 saturated carbocycles. The molecule has 0 atom stereocenters. The minimum Gasteiger partial charge on any atom is -0.493 e. The van der Waals surface area contributed by atoms with Crippen LogP contribution in [0.4, 0.5) is 9.18 Å². The SMILES string of the molecule is COC(=O)c1ccc(CN2C(=O)S/C(=C/c3ccc(OCc4ccc(F)cc4)c(OC)c3)C2=O)o1. The van der Waals surface area contributed by atoms with Gasteiger partial charge in [-0.25, -0.2) is 9.18 Å². The van der Waals surface area contributed by atoms with E-state index in [2.05, 4.69) is 4.74 Å². The third-order valence-corrected chi connectivity index (χ3v) is 5.94. The molecule has 0 unspecified atom stereocenters. The molecule has 1 fully saturated rings. The van der Waals surface area contributed by atoms with E-state index in [-0.39, 0.29) is 35.4 Å². The Balaban J connectivity index is 1.46. The van der Waals surface area contributed by atoms with Crippen LogP contribution in [-0.2, 0) is 22.7 Å². The molecular formula is C25H20FNO7S. The topological polar surface area (TPSA) is 95.3 Å². The van der Waals surface area contributed by atoms with Gasteiger partial charge in [-0.15, -0.1) is 0 Å². The summed E-state index contributed by atoms with van der Waals surface area (Å²) in [6.07, 6.45) is 1.58. The van der Waals surface area contributed by atoms with Gasteiger partial charge in [0.2, 0.25) is 5.76 Å². The van der Waals surface area contributed by atoms with Gasteiger partial charge in [0.25, 0.3) is 11.1 Å². The lowest BCUT2D eigenvalue weighted by Gasteiger charge is -2.12. The number of ether oxygens (including phenoxy) is 3. The number of halogens is 1. The number of thioether (sulfide) groups is 1. The van der Waals surface area contributed by atoms with Crippen LogP contribution in [0.15, 0.2) is 63.9 Å². The Labute approximate surface area is 204 Å². The summed E-state index contributed by atoms with van der Waals surface area (Å²) < 4.78 is 34.2. The zero-order valence-corrected chi connectivity index (χ0v) is 19.6. The number of carbonyl (C=O) groups is 3. The summed E-state index contributed by atoms with van der Waals surface area (Å²) in [5, 5.41) is -0.455. The number of imide groups is 1. The Morgan fingerprint density at radius 2 is 1.83 bits per heavy atom. The van der Waals surface area contributed by atoms with Crippen LogP contribution in [0.3, 0.4) is 0 Å². The van der Waals surface area contributed by atoms with Crippen molar-refractivity contribution in [2.75, 3.05) is 14.2 Å².